The second-order valence-electron chi connectivity index (χ2n) is 5.77. The quantitative estimate of drug-likeness (QED) is 0.889. The van der Waals surface area contributed by atoms with Crippen molar-refractivity contribution in [3.63, 3.8) is 0 Å². The van der Waals surface area contributed by atoms with Gasteiger partial charge < -0.3 is 9.84 Å². The molecule has 20 heavy (non-hydrogen) atoms. The Hall–Kier alpha value is -1.11. The van der Waals surface area contributed by atoms with Crippen molar-refractivity contribution in [2.45, 2.75) is 36.7 Å². The number of nitrogens with zero attached hydrogens (tertiary/aromatic N) is 1. The van der Waals surface area contributed by atoms with E-state index in [9.17, 15) is 13.5 Å². The summed E-state index contributed by atoms with van der Waals surface area (Å²) in [5.74, 6) is 0.783. The van der Waals surface area contributed by atoms with Gasteiger partial charge >= 0.3 is 0 Å². The molecule has 5 nitrogen and oxygen atoms in total. The van der Waals surface area contributed by atoms with Crippen LogP contribution in [0.25, 0.3) is 0 Å². The van der Waals surface area contributed by atoms with Crippen LogP contribution in [0.1, 0.15) is 25.3 Å². The van der Waals surface area contributed by atoms with Crippen LogP contribution in [0.2, 0.25) is 0 Å². The fourth-order valence-electron chi connectivity index (χ4n) is 2.68. The predicted octanol–water partition coefficient (Wildman–Crippen LogP) is 1.16. The number of rotatable bonds is 2. The summed E-state index contributed by atoms with van der Waals surface area (Å²) in [5, 5.41) is 9.92. The van der Waals surface area contributed by atoms with Crippen molar-refractivity contribution in [2.24, 2.45) is 0 Å². The molecule has 2 aliphatic rings. The van der Waals surface area contributed by atoms with E-state index >= 15 is 0 Å². The Labute approximate surface area is 119 Å². The average Bonchev–Trinajstić information content (AvgIpc) is 2.85. The number of hydrogen-bond acceptors (Lipinski definition) is 4. The number of fused-ring (bicyclic) bond motifs is 1. The smallest absolute Gasteiger partial charge is 0.243 e. The van der Waals surface area contributed by atoms with Gasteiger partial charge in [-0.1, -0.05) is 0 Å². The Morgan fingerprint density at radius 3 is 2.70 bits per heavy atom. The van der Waals surface area contributed by atoms with Crippen LogP contribution in [0.5, 0.6) is 5.75 Å². The summed E-state index contributed by atoms with van der Waals surface area (Å²) in [6, 6.07) is 5.05. The van der Waals surface area contributed by atoms with Crippen LogP contribution in [0.4, 0.5) is 0 Å². The molecule has 0 bridgehead atoms. The summed E-state index contributed by atoms with van der Waals surface area (Å²) in [4.78, 5) is 0.322. The summed E-state index contributed by atoms with van der Waals surface area (Å²) >= 11 is 0. The maximum absolute atomic E-state index is 12.6. The SMILES string of the molecule is CC1(O)CCN(S(=O)(=O)c2ccc3c(c2)CCO3)CC1. The van der Waals surface area contributed by atoms with Gasteiger partial charge in [0.15, 0.2) is 0 Å². The second-order valence-corrected chi connectivity index (χ2v) is 7.71. The normalized spacial score (nSPS) is 22.3. The van der Waals surface area contributed by atoms with Crippen molar-refractivity contribution >= 4 is 10.0 Å². The minimum Gasteiger partial charge on any atom is -0.493 e. The van der Waals surface area contributed by atoms with Crippen molar-refractivity contribution < 1.29 is 18.3 Å². The first kappa shape index (κ1) is 13.9. The highest BCUT2D eigenvalue weighted by atomic mass is 32.2. The van der Waals surface area contributed by atoms with Gasteiger partial charge in [0, 0.05) is 19.5 Å². The summed E-state index contributed by atoms with van der Waals surface area (Å²) < 4.78 is 32.1. The fraction of sp³-hybridized carbons (Fsp3) is 0.571. The largest absolute Gasteiger partial charge is 0.493 e. The molecule has 1 fully saturated rings. The van der Waals surface area contributed by atoms with E-state index in [1.807, 2.05) is 0 Å². The summed E-state index contributed by atoms with van der Waals surface area (Å²) in [7, 11) is -3.47. The van der Waals surface area contributed by atoms with Crippen LogP contribution in [0.15, 0.2) is 23.1 Å². The molecular weight excluding hydrogens is 278 g/mol. The van der Waals surface area contributed by atoms with E-state index in [-0.39, 0.29) is 0 Å². The van der Waals surface area contributed by atoms with E-state index in [1.165, 1.54) is 4.31 Å². The molecule has 0 saturated carbocycles. The average molecular weight is 297 g/mol. The first-order valence-electron chi connectivity index (χ1n) is 6.87. The zero-order valence-corrected chi connectivity index (χ0v) is 12.3. The molecular formula is C14H19NO4S. The van der Waals surface area contributed by atoms with Gasteiger partial charge in [-0.05, 0) is 43.5 Å². The van der Waals surface area contributed by atoms with Crippen LogP contribution in [0.3, 0.4) is 0 Å². The topological polar surface area (TPSA) is 66.8 Å². The third kappa shape index (κ3) is 2.43. The van der Waals surface area contributed by atoms with Crippen LogP contribution < -0.4 is 4.74 Å². The minimum absolute atomic E-state index is 0.322. The molecule has 1 saturated heterocycles. The van der Waals surface area contributed by atoms with Crippen LogP contribution in [-0.2, 0) is 16.4 Å². The molecule has 2 heterocycles. The molecule has 0 spiro atoms. The lowest BCUT2D eigenvalue weighted by Gasteiger charge is -2.35. The van der Waals surface area contributed by atoms with Crippen molar-refractivity contribution in [1.29, 1.82) is 0 Å². The Bertz CT molecular complexity index is 614. The van der Waals surface area contributed by atoms with Crippen LogP contribution in [-0.4, -0.2) is 43.1 Å². The maximum atomic E-state index is 12.6. The third-order valence-electron chi connectivity index (χ3n) is 4.10. The second kappa shape index (κ2) is 4.72. The molecule has 3 rings (SSSR count). The van der Waals surface area contributed by atoms with E-state index in [2.05, 4.69) is 0 Å². The van der Waals surface area contributed by atoms with Gasteiger partial charge in [0.25, 0.3) is 0 Å². The zero-order valence-electron chi connectivity index (χ0n) is 11.5. The number of hydrogen-bond donors (Lipinski definition) is 1. The van der Waals surface area contributed by atoms with E-state index in [1.54, 1.807) is 25.1 Å². The molecule has 0 atom stereocenters. The van der Waals surface area contributed by atoms with Gasteiger partial charge in [-0.25, -0.2) is 8.42 Å². The minimum atomic E-state index is -3.47. The highest BCUT2D eigenvalue weighted by molar-refractivity contribution is 7.89. The van der Waals surface area contributed by atoms with Crippen molar-refractivity contribution in [1.82, 2.24) is 4.31 Å². The lowest BCUT2D eigenvalue weighted by molar-refractivity contribution is 0.0126. The summed E-state index contributed by atoms with van der Waals surface area (Å²) in [6.07, 6.45) is 1.70. The lowest BCUT2D eigenvalue weighted by atomic mass is 9.95. The Balaban J connectivity index is 1.85. The highest BCUT2D eigenvalue weighted by Crippen LogP contribution is 2.31. The van der Waals surface area contributed by atoms with Crippen LogP contribution >= 0.6 is 0 Å². The molecule has 0 aliphatic carbocycles. The molecule has 1 aromatic carbocycles. The predicted molar refractivity (Wildman–Crippen MR) is 74.3 cm³/mol. The molecule has 2 aliphatic heterocycles. The molecule has 1 N–H and O–H groups in total. The number of aliphatic hydroxyl groups is 1. The van der Waals surface area contributed by atoms with E-state index in [0.717, 1.165) is 17.7 Å². The maximum Gasteiger partial charge on any atom is 0.243 e. The lowest BCUT2D eigenvalue weighted by Crippen LogP contribution is -2.45. The van der Waals surface area contributed by atoms with E-state index in [0.29, 0.717) is 37.4 Å². The van der Waals surface area contributed by atoms with Gasteiger partial charge in [-0.3, -0.25) is 0 Å². The molecule has 0 radical (unpaired) electrons. The molecule has 1 aromatic rings. The fourth-order valence-corrected chi connectivity index (χ4v) is 4.17. The van der Waals surface area contributed by atoms with Crippen molar-refractivity contribution in [3.05, 3.63) is 23.8 Å². The molecule has 0 unspecified atom stereocenters. The summed E-state index contributed by atoms with van der Waals surface area (Å²) in [5.41, 5.74) is 0.202. The van der Waals surface area contributed by atoms with Crippen LogP contribution in [0, 0.1) is 0 Å². The van der Waals surface area contributed by atoms with Gasteiger partial charge in [0.05, 0.1) is 17.1 Å². The molecule has 6 heteroatoms. The Morgan fingerprint density at radius 2 is 2.00 bits per heavy atom. The third-order valence-corrected chi connectivity index (χ3v) is 5.99. The Morgan fingerprint density at radius 1 is 1.30 bits per heavy atom. The highest BCUT2D eigenvalue weighted by Gasteiger charge is 2.34. The monoisotopic (exact) mass is 297 g/mol. The van der Waals surface area contributed by atoms with E-state index < -0.39 is 15.6 Å². The summed E-state index contributed by atoms with van der Waals surface area (Å²) in [6.45, 7) is 3.10. The Kier molecular flexibility index (Phi) is 3.27. The van der Waals surface area contributed by atoms with E-state index in [4.69, 9.17) is 4.74 Å². The van der Waals surface area contributed by atoms with Crippen molar-refractivity contribution in [3.8, 4) is 5.75 Å². The number of piperidine rings is 1. The van der Waals surface area contributed by atoms with Gasteiger partial charge in [0.1, 0.15) is 5.75 Å². The van der Waals surface area contributed by atoms with Gasteiger partial charge in [-0.15, -0.1) is 0 Å². The standard InChI is InChI=1S/C14H19NO4S/c1-14(16)5-7-15(8-6-14)20(17,18)12-2-3-13-11(10-12)4-9-19-13/h2-3,10,16H,4-9H2,1H3. The zero-order chi connectivity index (χ0) is 14.4. The molecule has 0 aromatic heterocycles. The molecule has 110 valence electrons. The van der Waals surface area contributed by atoms with Gasteiger partial charge in [-0.2, -0.15) is 4.31 Å². The first-order valence-corrected chi connectivity index (χ1v) is 8.31. The number of sulfonamides is 1. The number of ether oxygens (including phenoxy) is 1. The van der Waals surface area contributed by atoms with Crippen molar-refractivity contribution in [2.75, 3.05) is 19.7 Å². The molecule has 0 amide bonds. The first-order chi connectivity index (χ1) is 9.38. The number of benzene rings is 1. The van der Waals surface area contributed by atoms with Gasteiger partial charge in [0.2, 0.25) is 10.0 Å².